The molecular weight excluding hydrogens is 280 g/mol. The maximum absolute atomic E-state index is 11.5. The first-order chi connectivity index (χ1) is 8.99. The fourth-order valence-corrected chi connectivity index (χ4v) is 3.10. The summed E-state index contributed by atoms with van der Waals surface area (Å²) in [5.41, 5.74) is 1.91. The van der Waals surface area contributed by atoms with Crippen molar-refractivity contribution in [2.75, 3.05) is 6.61 Å². The fourth-order valence-electron chi connectivity index (χ4n) is 1.45. The molecule has 0 N–H and O–H groups in total. The van der Waals surface area contributed by atoms with Crippen molar-refractivity contribution in [2.24, 2.45) is 4.40 Å². The maximum atomic E-state index is 11.5. The maximum Gasteiger partial charge on any atom is 0.311 e. The highest BCUT2D eigenvalue weighted by molar-refractivity contribution is 8.07. The molecule has 0 aliphatic rings. The van der Waals surface area contributed by atoms with Gasteiger partial charge >= 0.3 is 5.97 Å². The smallest absolute Gasteiger partial charge is 0.311 e. The minimum atomic E-state index is -0.240. The van der Waals surface area contributed by atoms with Crippen molar-refractivity contribution in [1.82, 2.24) is 4.98 Å². The number of esters is 1. The molecule has 0 spiro atoms. The van der Waals surface area contributed by atoms with Crippen LogP contribution in [0.15, 0.2) is 9.97 Å². The number of aryl methyl sites for hydroxylation is 1. The number of allylic oxidation sites excluding steroid dienone is 1. The van der Waals surface area contributed by atoms with Gasteiger partial charge in [-0.1, -0.05) is 5.57 Å². The summed E-state index contributed by atoms with van der Waals surface area (Å²) in [6.07, 6.45) is 0.221. The van der Waals surface area contributed by atoms with E-state index in [0.717, 1.165) is 26.1 Å². The molecule has 0 aliphatic carbocycles. The molecule has 1 aromatic rings. The first-order valence-electron chi connectivity index (χ1n) is 5.92. The molecule has 104 valence electrons. The summed E-state index contributed by atoms with van der Waals surface area (Å²) < 4.78 is 8.79. The molecule has 0 aromatic carbocycles. The normalized spacial score (nSPS) is 10.1. The largest absolute Gasteiger partial charge is 0.466 e. The molecule has 0 amide bonds. The van der Waals surface area contributed by atoms with Crippen LogP contribution < -0.4 is 0 Å². The van der Waals surface area contributed by atoms with Crippen LogP contribution >= 0.6 is 23.3 Å². The highest BCUT2D eigenvalue weighted by atomic mass is 32.2. The molecule has 4 nitrogen and oxygen atoms in total. The van der Waals surface area contributed by atoms with Crippen LogP contribution in [0.2, 0.25) is 0 Å². The van der Waals surface area contributed by atoms with Crippen LogP contribution in [-0.4, -0.2) is 24.3 Å². The molecule has 1 rings (SSSR count). The molecule has 0 aliphatic heterocycles. The van der Waals surface area contributed by atoms with Crippen LogP contribution in [0.1, 0.15) is 36.3 Å². The van der Waals surface area contributed by atoms with Crippen molar-refractivity contribution in [3.8, 4) is 0 Å². The number of nitrogens with zero attached hydrogens (tertiary/aromatic N) is 2. The third-order valence-electron chi connectivity index (χ3n) is 2.31. The quantitative estimate of drug-likeness (QED) is 0.457. The molecule has 0 bridgehead atoms. The van der Waals surface area contributed by atoms with Crippen LogP contribution in [0.4, 0.5) is 0 Å². The monoisotopic (exact) mass is 298 g/mol. The van der Waals surface area contributed by atoms with Gasteiger partial charge in [-0.25, -0.2) is 9.38 Å². The van der Waals surface area contributed by atoms with E-state index in [1.54, 1.807) is 18.3 Å². The van der Waals surface area contributed by atoms with Gasteiger partial charge in [0.25, 0.3) is 0 Å². The molecule has 0 saturated heterocycles. The second-order valence-electron chi connectivity index (χ2n) is 4.05. The summed E-state index contributed by atoms with van der Waals surface area (Å²) in [5, 5.41) is 0.884. The lowest BCUT2D eigenvalue weighted by atomic mass is 10.3. The Bertz CT molecular complexity index is 503. The molecule has 6 heteroatoms. The summed E-state index contributed by atoms with van der Waals surface area (Å²) >= 11 is 2.88. The summed E-state index contributed by atoms with van der Waals surface area (Å²) in [6.45, 7) is 11.7. The van der Waals surface area contributed by atoms with E-state index in [-0.39, 0.29) is 12.4 Å². The van der Waals surface area contributed by atoms with Gasteiger partial charge in [0.05, 0.1) is 23.6 Å². The minimum absolute atomic E-state index is 0.221. The van der Waals surface area contributed by atoms with Gasteiger partial charge in [-0.3, -0.25) is 4.79 Å². The van der Waals surface area contributed by atoms with Crippen LogP contribution in [0, 0.1) is 6.92 Å². The van der Waals surface area contributed by atoms with Crippen molar-refractivity contribution in [1.29, 1.82) is 0 Å². The average molecular weight is 298 g/mol. The van der Waals surface area contributed by atoms with Gasteiger partial charge in [-0.05, 0) is 34.4 Å². The lowest BCUT2D eigenvalue weighted by Gasteiger charge is -2.01. The summed E-state index contributed by atoms with van der Waals surface area (Å²) in [6, 6.07) is 0. The highest BCUT2D eigenvalue weighted by Gasteiger charge is 2.16. The van der Waals surface area contributed by atoms with Crippen molar-refractivity contribution in [3.63, 3.8) is 0 Å². The Kier molecular flexibility index (Phi) is 6.24. The number of aromatic nitrogens is 1. The van der Waals surface area contributed by atoms with E-state index in [1.807, 2.05) is 20.8 Å². The van der Waals surface area contributed by atoms with Crippen molar-refractivity contribution in [3.05, 3.63) is 21.2 Å². The van der Waals surface area contributed by atoms with Gasteiger partial charge in [0.15, 0.2) is 0 Å². The second-order valence-corrected chi connectivity index (χ2v) is 6.11. The topological polar surface area (TPSA) is 51.5 Å². The van der Waals surface area contributed by atoms with E-state index < -0.39 is 0 Å². The first-order valence-corrected chi connectivity index (χ1v) is 7.51. The molecule has 0 unspecified atom stereocenters. The minimum Gasteiger partial charge on any atom is -0.466 e. The summed E-state index contributed by atoms with van der Waals surface area (Å²) in [4.78, 5) is 18.1. The number of carbonyl (C=O) groups excluding carboxylic acids is 1. The molecule has 19 heavy (non-hydrogen) atoms. The Morgan fingerprint density at radius 3 is 2.74 bits per heavy atom. The molecular formula is C13H18N2O2S2. The first kappa shape index (κ1) is 15.9. The van der Waals surface area contributed by atoms with Crippen molar-refractivity contribution >= 4 is 40.9 Å². The number of carbonyl (C=O) groups is 1. The van der Waals surface area contributed by atoms with E-state index >= 15 is 0 Å². The van der Waals surface area contributed by atoms with Crippen LogP contribution in [0.3, 0.4) is 0 Å². The molecule has 1 heterocycles. The van der Waals surface area contributed by atoms with E-state index in [1.165, 1.54) is 11.9 Å². The summed E-state index contributed by atoms with van der Waals surface area (Å²) in [5.74, 6) is -0.240. The predicted octanol–water partition coefficient (Wildman–Crippen LogP) is 3.66. The van der Waals surface area contributed by atoms with Gasteiger partial charge in [-0.2, -0.15) is 0 Å². The zero-order valence-electron chi connectivity index (χ0n) is 11.6. The summed E-state index contributed by atoms with van der Waals surface area (Å²) in [7, 11) is 0. The van der Waals surface area contributed by atoms with Crippen LogP contribution in [-0.2, 0) is 16.0 Å². The number of thiazole rings is 1. The number of rotatable bonds is 6. The van der Waals surface area contributed by atoms with E-state index in [4.69, 9.17) is 4.74 Å². The van der Waals surface area contributed by atoms with Gasteiger partial charge in [0.2, 0.25) is 0 Å². The van der Waals surface area contributed by atoms with Gasteiger partial charge < -0.3 is 4.74 Å². The highest BCUT2D eigenvalue weighted by Crippen LogP contribution is 2.35. The molecule has 1 aromatic heterocycles. The lowest BCUT2D eigenvalue weighted by Crippen LogP contribution is -2.08. The predicted molar refractivity (Wildman–Crippen MR) is 82.6 cm³/mol. The zero-order valence-corrected chi connectivity index (χ0v) is 13.3. The molecule has 0 radical (unpaired) electrons. The Morgan fingerprint density at radius 2 is 2.21 bits per heavy atom. The Labute approximate surface area is 122 Å². The van der Waals surface area contributed by atoms with Gasteiger partial charge in [0, 0.05) is 16.8 Å². The number of hydrogen-bond acceptors (Lipinski definition) is 6. The standard InChI is InChI=1S/C13H18N2O2S2/c1-6-17-11(16)7-10-9(4)18-13(15-10)12(8(2)3)19-14-5/h5-7H2,1-4H3. The van der Waals surface area contributed by atoms with E-state index in [9.17, 15) is 4.79 Å². The molecule has 0 fully saturated rings. The Morgan fingerprint density at radius 1 is 1.53 bits per heavy atom. The second kappa shape index (κ2) is 7.45. The molecule has 0 saturated carbocycles. The van der Waals surface area contributed by atoms with Crippen LogP contribution in [0.25, 0.3) is 4.91 Å². The third kappa shape index (κ3) is 4.47. The fraction of sp³-hybridized carbons (Fsp3) is 0.462. The SMILES string of the molecule is C=NSC(=C(C)C)c1nc(CC(=O)OCC)c(C)s1. The van der Waals surface area contributed by atoms with E-state index in [2.05, 4.69) is 16.1 Å². The van der Waals surface area contributed by atoms with E-state index in [0.29, 0.717) is 6.61 Å². The average Bonchev–Trinajstić information content (AvgIpc) is 2.67. The molecule has 0 atom stereocenters. The van der Waals surface area contributed by atoms with Gasteiger partial charge in [-0.15, -0.1) is 11.3 Å². The van der Waals surface area contributed by atoms with Crippen molar-refractivity contribution in [2.45, 2.75) is 34.1 Å². The Balaban J connectivity index is 2.98. The number of hydrogen-bond donors (Lipinski definition) is 0. The third-order valence-corrected chi connectivity index (χ3v) is 4.39. The lowest BCUT2D eigenvalue weighted by molar-refractivity contribution is -0.142. The number of ether oxygens (including phenoxy) is 1. The van der Waals surface area contributed by atoms with Gasteiger partial charge in [0.1, 0.15) is 5.01 Å². The Hall–Kier alpha value is -1.14. The van der Waals surface area contributed by atoms with Crippen LogP contribution in [0.5, 0.6) is 0 Å². The zero-order chi connectivity index (χ0) is 14.4. The van der Waals surface area contributed by atoms with Crippen molar-refractivity contribution < 1.29 is 9.53 Å².